The number of rotatable bonds is 3. The van der Waals surface area contributed by atoms with Crippen LogP contribution < -0.4 is 5.43 Å². The first kappa shape index (κ1) is 18.8. The number of carbonyl (C=O) groups excluding carboxylic acids is 1. The van der Waals surface area contributed by atoms with E-state index in [2.05, 4.69) is 26.0 Å². The number of amides is 1. The highest BCUT2D eigenvalue weighted by Crippen LogP contribution is 2.38. The van der Waals surface area contributed by atoms with Crippen LogP contribution in [0.2, 0.25) is 5.02 Å². The molecule has 0 aliphatic carbocycles. The second kappa shape index (κ2) is 6.78. The van der Waals surface area contributed by atoms with E-state index < -0.39 is 6.04 Å². The Bertz CT molecular complexity index is 1150. The van der Waals surface area contributed by atoms with Crippen molar-refractivity contribution in [3.8, 4) is 0 Å². The zero-order valence-electron chi connectivity index (χ0n) is 16.4. The molecular formula is C23H22ClNO3. The van der Waals surface area contributed by atoms with Crippen LogP contribution in [-0.4, -0.2) is 17.4 Å². The van der Waals surface area contributed by atoms with Crippen LogP contribution in [0.4, 0.5) is 0 Å². The lowest BCUT2D eigenvalue weighted by Crippen LogP contribution is -2.29. The summed E-state index contributed by atoms with van der Waals surface area (Å²) in [5, 5.41) is 0.915. The number of aryl methyl sites for hydroxylation is 1. The van der Waals surface area contributed by atoms with Gasteiger partial charge < -0.3 is 9.32 Å². The molecule has 0 N–H and O–H groups in total. The van der Waals surface area contributed by atoms with E-state index in [9.17, 15) is 9.59 Å². The van der Waals surface area contributed by atoms with Gasteiger partial charge >= 0.3 is 0 Å². The van der Waals surface area contributed by atoms with Gasteiger partial charge in [0.25, 0.3) is 5.91 Å². The molecule has 28 heavy (non-hydrogen) atoms. The van der Waals surface area contributed by atoms with Crippen molar-refractivity contribution in [2.24, 2.45) is 0 Å². The maximum Gasteiger partial charge on any atom is 0.290 e. The Morgan fingerprint density at radius 2 is 1.82 bits per heavy atom. The van der Waals surface area contributed by atoms with E-state index >= 15 is 0 Å². The standard InChI is InChI=1S/C23H22ClNO3/c1-5-25-20(15-8-6-14(7-9-15)12(2)3)19-21(26)16-11-17(24)13(4)10-18(16)28-22(19)23(25)27/h6-12,20H,5H2,1-4H3. The Morgan fingerprint density at radius 1 is 1.14 bits per heavy atom. The van der Waals surface area contributed by atoms with E-state index in [1.165, 1.54) is 5.56 Å². The van der Waals surface area contributed by atoms with Crippen molar-refractivity contribution in [2.45, 2.75) is 39.7 Å². The molecule has 2 heterocycles. The van der Waals surface area contributed by atoms with Gasteiger partial charge in [0.2, 0.25) is 5.76 Å². The number of halogens is 1. The van der Waals surface area contributed by atoms with Crippen LogP contribution in [0.1, 0.15) is 65.5 Å². The molecule has 1 amide bonds. The Hall–Kier alpha value is -2.59. The Morgan fingerprint density at radius 3 is 2.43 bits per heavy atom. The molecule has 0 saturated carbocycles. The molecule has 1 aromatic heterocycles. The monoisotopic (exact) mass is 395 g/mol. The number of nitrogens with zero attached hydrogens (tertiary/aromatic N) is 1. The molecule has 0 radical (unpaired) electrons. The molecule has 1 aliphatic heterocycles. The van der Waals surface area contributed by atoms with Gasteiger partial charge in [0.05, 0.1) is 17.0 Å². The number of benzene rings is 2. The summed E-state index contributed by atoms with van der Waals surface area (Å²) in [6.07, 6.45) is 0. The van der Waals surface area contributed by atoms with Crippen LogP contribution in [0.25, 0.3) is 11.0 Å². The molecular weight excluding hydrogens is 374 g/mol. The maximum atomic E-state index is 13.4. The third kappa shape index (κ3) is 2.75. The first-order valence-corrected chi connectivity index (χ1v) is 9.89. The van der Waals surface area contributed by atoms with E-state index in [1.54, 1.807) is 17.0 Å². The molecule has 1 unspecified atom stereocenters. The predicted octanol–water partition coefficient (Wildman–Crippen LogP) is 5.44. The molecule has 0 bridgehead atoms. The molecule has 4 nitrogen and oxygen atoms in total. The van der Waals surface area contributed by atoms with Crippen LogP contribution in [0.5, 0.6) is 0 Å². The van der Waals surface area contributed by atoms with Gasteiger partial charge in [0, 0.05) is 11.6 Å². The highest BCUT2D eigenvalue weighted by molar-refractivity contribution is 6.32. The van der Waals surface area contributed by atoms with Gasteiger partial charge in [-0.3, -0.25) is 9.59 Å². The minimum Gasteiger partial charge on any atom is -0.450 e. The van der Waals surface area contributed by atoms with Crippen LogP contribution in [0.15, 0.2) is 45.6 Å². The van der Waals surface area contributed by atoms with Crippen molar-refractivity contribution >= 4 is 28.5 Å². The van der Waals surface area contributed by atoms with E-state index in [0.29, 0.717) is 34.0 Å². The summed E-state index contributed by atoms with van der Waals surface area (Å²) in [7, 11) is 0. The normalized spacial score (nSPS) is 16.3. The lowest BCUT2D eigenvalue weighted by molar-refractivity contribution is 0.0738. The average molecular weight is 396 g/mol. The molecule has 144 valence electrons. The summed E-state index contributed by atoms with van der Waals surface area (Å²) in [4.78, 5) is 28.0. The van der Waals surface area contributed by atoms with Crippen molar-refractivity contribution in [3.63, 3.8) is 0 Å². The fourth-order valence-electron chi connectivity index (χ4n) is 3.88. The summed E-state index contributed by atoms with van der Waals surface area (Å²) in [6.45, 7) is 8.50. The summed E-state index contributed by atoms with van der Waals surface area (Å²) < 4.78 is 5.93. The number of hydrogen-bond acceptors (Lipinski definition) is 3. The first-order valence-electron chi connectivity index (χ1n) is 9.51. The lowest BCUT2D eigenvalue weighted by atomic mass is 9.95. The van der Waals surface area contributed by atoms with E-state index in [-0.39, 0.29) is 17.1 Å². The smallest absolute Gasteiger partial charge is 0.290 e. The molecule has 4 rings (SSSR count). The zero-order valence-corrected chi connectivity index (χ0v) is 17.1. The zero-order chi connectivity index (χ0) is 20.2. The molecule has 0 spiro atoms. The highest BCUT2D eigenvalue weighted by Gasteiger charge is 2.41. The molecule has 1 atom stereocenters. The number of fused-ring (bicyclic) bond motifs is 2. The Labute approximate surface area is 168 Å². The van der Waals surface area contributed by atoms with Gasteiger partial charge in [-0.05, 0) is 48.6 Å². The van der Waals surface area contributed by atoms with Gasteiger partial charge in [-0.15, -0.1) is 0 Å². The maximum absolute atomic E-state index is 13.4. The minimum atomic E-state index is -0.450. The molecule has 5 heteroatoms. The quantitative estimate of drug-likeness (QED) is 0.593. The van der Waals surface area contributed by atoms with Gasteiger partial charge in [-0.1, -0.05) is 49.7 Å². The summed E-state index contributed by atoms with van der Waals surface area (Å²) >= 11 is 6.24. The molecule has 0 fully saturated rings. The van der Waals surface area contributed by atoms with Crippen molar-refractivity contribution in [1.82, 2.24) is 4.90 Å². The van der Waals surface area contributed by atoms with E-state index in [0.717, 1.165) is 11.1 Å². The third-order valence-electron chi connectivity index (χ3n) is 5.51. The van der Waals surface area contributed by atoms with Crippen LogP contribution >= 0.6 is 11.6 Å². The first-order chi connectivity index (χ1) is 13.3. The highest BCUT2D eigenvalue weighted by atomic mass is 35.5. The molecule has 0 saturated heterocycles. The number of hydrogen-bond donors (Lipinski definition) is 0. The van der Waals surface area contributed by atoms with E-state index in [4.69, 9.17) is 16.0 Å². The van der Waals surface area contributed by atoms with Crippen molar-refractivity contribution in [2.75, 3.05) is 6.54 Å². The Balaban J connectivity index is 1.97. The van der Waals surface area contributed by atoms with Crippen molar-refractivity contribution in [3.05, 3.63) is 79.7 Å². The molecule has 3 aromatic rings. The second-order valence-corrected chi connectivity index (χ2v) is 7.99. The van der Waals surface area contributed by atoms with Gasteiger partial charge in [0.1, 0.15) is 5.58 Å². The Kier molecular flexibility index (Phi) is 4.54. The minimum absolute atomic E-state index is 0.138. The predicted molar refractivity (Wildman–Crippen MR) is 111 cm³/mol. The van der Waals surface area contributed by atoms with Crippen LogP contribution in [0.3, 0.4) is 0 Å². The SMILES string of the molecule is CCN1C(=O)c2oc3cc(C)c(Cl)cc3c(=O)c2C1c1ccc(C(C)C)cc1. The fraction of sp³-hybridized carbons (Fsp3) is 0.304. The fourth-order valence-corrected chi connectivity index (χ4v) is 4.04. The van der Waals surface area contributed by atoms with E-state index in [1.807, 2.05) is 26.0 Å². The van der Waals surface area contributed by atoms with Gasteiger partial charge in [0.15, 0.2) is 5.43 Å². The van der Waals surface area contributed by atoms with Crippen molar-refractivity contribution < 1.29 is 9.21 Å². The average Bonchev–Trinajstić information content (AvgIpc) is 2.96. The van der Waals surface area contributed by atoms with Crippen molar-refractivity contribution in [1.29, 1.82) is 0 Å². The van der Waals surface area contributed by atoms with Crippen LogP contribution in [-0.2, 0) is 0 Å². The van der Waals surface area contributed by atoms with Gasteiger partial charge in [-0.25, -0.2) is 0 Å². The second-order valence-electron chi connectivity index (χ2n) is 7.59. The van der Waals surface area contributed by atoms with Crippen LogP contribution in [0, 0.1) is 6.92 Å². The summed E-state index contributed by atoms with van der Waals surface area (Å²) in [5.41, 5.74) is 3.52. The largest absolute Gasteiger partial charge is 0.450 e. The third-order valence-corrected chi connectivity index (χ3v) is 5.91. The molecule has 1 aliphatic rings. The summed E-state index contributed by atoms with van der Waals surface area (Å²) in [6, 6.07) is 11.0. The topological polar surface area (TPSA) is 50.5 Å². The summed E-state index contributed by atoms with van der Waals surface area (Å²) in [5.74, 6) is 0.300. The lowest BCUT2D eigenvalue weighted by Gasteiger charge is -2.23. The van der Waals surface area contributed by atoms with Gasteiger partial charge in [-0.2, -0.15) is 0 Å². The molecule has 2 aromatic carbocycles. The number of carbonyl (C=O) groups is 1.